The van der Waals surface area contributed by atoms with Crippen LogP contribution in [0.5, 0.6) is 0 Å². The van der Waals surface area contributed by atoms with Gasteiger partial charge in [0.1, 0.15) is 0 Å². The van der Waals surface area contributed by atoms with Crippen molar-refractivity contribution in [2.24, 2.45) is 10.1 Å². The van der Waals surface area contributed by atoms with Crippen molar-refractivity contribution in [3.8, 4) is 0 Å². The van der Waals surface area contributed by atoms with E-state index < -0.39 is 10.0 Å². The van der Waals surface area contributed by atoms with Crippen molar-refractivity contribution in [1.82, 2.24) is 20.4 Å². The first kappa shape index (κ1) is 21.9. The number of hydrogen-bond acceptors (Lipinski definition) is 4. The van der Waals surface area contributed by atoms with Crippen LogP contribution in [0.2, 0.25) is 0 Å². The summed E-state index contributed by atoms with van der Waals surface area (Å²) in [6.07, 6.45) is 1.66. The maximum absolute atomic E-state index is 11.3. The van der Waals surface area contributed by atoms with Crippen molar-refractivity contribution in [1.29, 1.82) is 0 Å². The molecule has 0 bridgehead atoms. The van der Waals surface area contributed by atoms with Crippen molar-refractivity contribution in [3.63, 3.8) is 0 Å². The second kappa shape index (κ2) is 10.2. The number of hydrogen-bond donors (Lipinski definition) is 3. The Balaban J connectivity index is 1.79. The largest absolute Gasteiger partial charge is 0.357 e. The predicted octanol–water partition coefficient (Wildman–Crippen LogP) is 1.34. The summed E-state index contributed by atoms with van der Waals surface area (Å²) in [7, 11) is -3.65. The molecule has 28 heavy (non-hydrogen) atoms. The summed E-state index contributed by atoms with van der Waals surface area (Å²) in [5.74, 6) is 0.775. The molecule has 0 spiro atoms. The highest BCUT2D eigenvalue weighted by atomic mass is 32.2. The molecular weight excluding hydrogens is 376 g/mol. The molecule has 9 heteroatoms. The van der Waals surface area contributed by atoms with E-state index in [2.05, 4.69) is 33.7 Å². The lowest BCUT2D eigenvalue weighted by Crippen LogP contribution is -2.38. The molecule has 1 aromatic carbocycles. The molecule has 2 aromatic rings. The van der Waals surface area contributed by atoms with Gasteiger partial charge in [0, 0.05) is 31.9 Å². The molecule has 0 unspecified atom stereocenters. The maximum Gasteiger partial charge on any atom is 0.238 e. The van der Waals surface area contributed by atoms with E-state index >= 15 is 0 Å². The normalized spacial score (nSPS) is 12.2. The maximum atomic E-state index is 11.3. The van der Waals surface area contributed by atoms with Gasteiger partial charge in [-0.25, -0.2) is 13.6 Å². The lowest BCUT2D eigenvalue weighted by molar-refractivity contribution is 0.567. The Morgan fingerprint density at radius 1 is 1.21 bits per heavy atom. The third-order valence-electron chi connectivity index (χ3n) is 4.20. The van der Waals surface area contributed by atoms with Crippen LogP contribution in [-0.2, 0) is 23.0 Å². The Bertz CT molecular complexity index is 888. The zero-order valence-corrected chi connectivity index (χ0v) is 17.6. The van der Waals surface area contributed by atoms with Crippen molar-refractivity contribution in [2.45, 2.75) is 45.1 Å². The van der Waals surface area contributed by atoms with Gasteiger partial charge in [-0.3, -0.25) is 9.67 Å². The molecule has 0 fully saturated rings. The Morgan fingerprint density at radius 3 is 2.50 bits per heavy atom. The van der Waals surface area contributed by atoms with Crippen LogP contribution >= 0.6 is 0 Å². The SMILES string of the molecule is CCNC(=NCCCn1nc(C)cc1C)NCCc1ccc(S(N)(=O)=O)cc1. The van der Waals surface area contributed by atoms with Crippen molar-refractivity contribution in [2.75, 3.05) is 19.6 Å². The highest BCUT2D eigenvalue weighted by Gasteiger charge is 2.06. The molecule has 0 radical (unpaired) electrons. The number of aromatic nitrogens is 2. The number of nitrogens with zero attached hydrogens (tertiary/aromatic N) is 3. The van der Waals surface area contributed by atoms with Gasteiger partial charge < -0.3 is 10.6 Å². The summed E-state index contributed by atoms with van der Waals surface area (Å²) >= 11 is 0. The van der Waals surface area contributed by atoms with Gasteiger partial charge in [-0.2, -0.15) is 5.10 Å². The summed E-state index contributed by atoms with van der Waals surface area (Å²) in [6.45, 7) is 9.11. The Morgan fingerprint density at radius 2 is 1.93 bits per heavy atom. The molecule has 154 valence electrons. The molecule has 0 saturated carbocycles. The van der Waals surface area contributed by atoms with Gasteiger partial charge in [0.2, 0.25) is 10.0 Å². The second-order valence-electron chi connectivity index (χ2n) is 6.63. The Labute approximate surface area is 167 Å². The van der Waals surface area contributed by atoms with E-state index in [0.717, 1.165) is 43.1 Å². The molecule has 0 saturated heterocycles. The van der Waals surface area contributed by atoms with Crippen LogP contribution in [0.4, 0.5) is 0 Å². The van der Waals surface area contributed by atoms with Gasteiger partial charge >= 0.3 is 0 Å². The molecule has 0 amide bonds. The summed E-state index contributed by atoms with van der Waals surface area (Å²) in [5.41, 5.74) is 3.23. The van der Waals surface area contributed by atoms with Crippen LogP contribution in [-0.4, -0.2) is 43.8 Å². The molecule has 0 aliphatic rings. The lowest BCUT2D eigenvalue weighted by Gasteiger charge is -2.11. The smallest absolute Gasteiger partial charge is 0.238 e. The van der Waals surface area contributed by atoms with Gasteiger partial charge in [-0.1, -0.05) is 12.1 Å². The average Bonchev–Trinajstić information content (AvgIpc) is 2.95. The van der Waals surface area contributed by atoms with E-state index in [-0.39, 0.29) is 4.90 Å². The second-order valence-corrected chi connectivity index (χ2v) is 8.19. The van der Waals surface area contributed by atoms with Crippen molar-refractivity contribution >= 4 is 16.0 Å². The average molecular weight is 407 g/mol. The van der Waals surface area contributed by atoms with Crippen LogP contribution in [0.3, 0.4) is 0 Å². The van der Waals surface area contributed by atoms with Crippen LogP contribution in [0.25, 0.3) is 0 Å². The number of rotatable bonds is 9. The number of sulfonamides is 1. The van der Waals surface area contributed by atoms with Crippen molar-refractivity contribution in [3.05, 3.63) is 47.3 Å². The fourth-order valence-corrected chi connectivity index (χ4v) is 3.34. The zero-order chi connectivity index (χ0) is 20.6. The molecule has 0 aliphatic heterocycles. The van der Waals surface area contributed by atoms with Gasteiger partial charge in [-0.05, 0) is 57.4 Å². The van der Waals surface area contributed by atoms with Crippen LogP contribution < -0.4 is 15.8 Å². The summed E-state index contributed by atoms with van der Waals surface area (Å²) < 4.78 is 24.6. The molecule has 8 nitrogen and oxygen atoms in total. The van der Waals surface area contributed by atoms with E-state index in [1.54, 1.807) is 12.1 Å². The van der Waals surface area contributed by atoms with Crippen molar-refractivity contribution < 1.29 is 8.42 Å². The predicted molar refractivity (Wildman–Crippen MR) is 112 cm³/mol. The molecule has 1 aromatic heterocycles. The van der Waals surface area contributed by atoms with Crippen LogP contribution in [0, 0.1) is 13.8 Å². The van der Waals surface area contributed by atoms with Gasteiger partial charge in [0.15, 0.2) is 5.96 Å². The van der Waals surface area contributed by atoms with E-state index in [1.807, 2.05) is 18.5 Å². The third-order valence-corrected chi connectivity index (χ3v) is 5.13. The minimum atomic E-state index is -3.65. The lowest BCUT2D eigenvalue weighted by atomic mass is 10.1. The summed E-state index contributed by atoms with van der Waals surface area (Å²) in [6, 6.07) is 8.69. The number of guanidine groups is 1. The number of aryl methyl sites for hydroxylation is 3. The topological polar surface area (TPSA) is 114 Å². The summed E-state index contributed by atoms with van der Waals surface area (Å²) in [5, 5.41) is 16.1. The van der Waals surface area contributed by atoms with Gasteiger partial charge in [-0.15, -0.1) is 0 Å². The van der Waals surface area contributed by atoms with Gasteiger partial charge in [0.25, 0.3) is 0 Å². The van der Waals surface area contributed by atoms with E-state index in [4.69, 9.17) is 5.14 Å². The minimum absolute atomic E-state index is 0.127. The molecule has 4 N–H and O–H groups in total. The Kier molecular flexibility index (Phi) is 8.01. The Hall–Kier alpha value is -2.39. The molecule has 2 rings (SSSR count). The monoisotopic (exact) mass is 406 g/mol. The first-order valence-electron chi connectivity index (χ1n) is 9.44. The zero-order valence-electron chi connectivity index (χ0n) is 16.8. The first-order chi connectivity index (χ1) is 13.3. The quantitative estimate of drug-likeness (QED) is 0.330. The van der Waals surface area contributed by atoms with Gasteiger partial charge in [0.05, 0.1) is 10.6 Å². The van der Waals surface area contributed by atoms with E-state index in [9.17, 15) is 8.42 Å². The highest BCUT2D eigenvalue weighted by Crippen LogP contribution is 2.09. The fraction of sp³-hybridized carbons (Fsp3) is 0.474. The first-order valence-corrected chi connectivity index (χ1v) is 11.0. The van der Waals surface area contributed by atoms with E-state index in [0.29, 0.717) is 13.1 Å². The fourth-order valence-electron chi connectivity index (χ4n) is 2.83. The number of primary sulfonamides is 1. The van der Waals surface area contributed by atoms with Crippen LogP contribution in [0.1, 0.15) is 30.3 Å². The number of nitrogens with one attached hydrogen (secondary N) is 2. The number of benzene rings is 1. The standard InChI is InChI=1S/C19H30N6O2S/c1-4-21-19(22-11-5-13-25-16(3)14-15(2)24-25)23-12-10-17-6-8-18(9-7-17)28(20,26)27/h6-9,14H,4-5,10-13H2,1-3H3,(H2,20,26,27)(H2,21,22,23). The molecular formula is C19H30N6O2S. The summed E-state index contributed by atoms with van der Waals surface area (Å²) in [4.78, 5) is 4.73. The van der Waals surface area contributed by atoms with Crippen LogP contribution in [0.15, 0.2) is 40.2 Å². The highest BCUT2D eigenvalue weighted by molar-refractivity contribution is 7.89. The minimum Gasteiger partial charge on any atom is -0.357 e. The molecule has 1 heterocycles. The number of nitrogens with two attached hydrogens (primary N) is 1. The molecule has 0 aliphatic carbocycles. The van der Waals surface area contributed by atoms with E-state index in [1.165, 1.54) is 17.8 Å². The third kappa shape index (κ3) is 6.97. The number of aliphatic imine (C=N–C) groups is 1. The molecule has 0 atom stereocenters.